The predicted octanol–water partition coefficient (Wildman–Crippen LogP) is 5.00. The lowest BCUT2D eigenvalue weighted by Gasteiger charge is -2.15. The minimum atomic E-state index is -0.416. The van der Waals surface area contributed by atoms with E-state index in [2.05, 4.69) is 15.5 Å². The Kier molecular flexibility index (Phi) is 7.47. The Morgan fingerprint density at radius 2 is 1.93 bits per heavy atom. The zero-order chi connectivity index (χ0) is 21.7. The molecule has 3 rings (SSSR count). The Labute approximate surface area is 188 Å². The standard InChI is InChI=1S/C20H20Cl2N4O3S/c1-12(29-17-10-13(21)4-9-16(17)22)19-24-25-20(26(19)2)30-11-18(27)23-14-5-7-15(28-3)8-6-14/h4-10,12H,11H2,1-3H3,(H,23,27). The van der Waals surface area contributed by atoms with Crippen LogP contribution in [0.1, 0.15) is 18.9 Å². The summed E-state index contributed by atoms with van der Waals surface area (Å²) in [6, 6.07) is 12.1. The summed E-state index contributed by atoms with van der Waals surface area (Å²) >= 11 is 13.4. The number of nitrogens with zero attached hydrogens (tertiary/aromatic N) is 3. The van der Waals surface area contributed by atoms with Gasteiger partial charge >= 0.3 is 0 Å². The molecule has 1 atom stereocenters. The number of carbonyl (C=O) groups excluding carboxylic acids is 1. The van der Waals surface area contributed by atoms with Gasteiger partial charge < -0.3 is 19.4 Å². The monoisotopic (exact) mass is 466 g/mol. The first kappa shape index (κ1) is 22.3. The van der Waals surface area contributed by atoms with Crippen LogP contribution in [0.3, 0.4) is 0 Å². The van der Waals surface area contributed by atoms with Crippen molar-refractivity contribution in [1.29, 1.82) is 0 Å². The Morgan fingerprint density at radius 1 is 1.20 bits per heavy atom. The predicted molar refractivity (Wildman–Crippen MR) is 119 cm³/mol. The van der Waals surface area contributed by atoms with Crippen molar-refractivity contribution in [3.8, 4) is 11.5 Å². The van der Waals surface area contributed by atoms with Crippen molar-refractivity contribution in [2.75, 3.05) is 18.2 Å². The molecule has 7 nitrogen and oxygen atoms in total. The lowest BCUT2D eigenvalue weighted by molar-refractivity contribution is -0.113. The molecule has 0 bridgehead atoms. The summed E-state index contributed by atoms with van der Waals surface area (Å²) in [5, 5.41) is 12.8. The van der Waals surface area contributed by atoms with Crippen LogP contribution >= 0.6 is 35.0 Å². The molecule has 10 heteroatoms. The molecule has 1 aromatic heterocycles. The van der Waals surface area contributed by atoms with Gasteiger partial charge in [-0.05, 0) is 43.3 Å². The van der Waals surface area contributed by atoms with Crippen molar-refractivity contribution in [3.63, 3.8) is 0 Å². The van der Waals surface area contributed by atoms with E-state index >= 15 is 0 Å². The molecule has 1 N–H and O–H groups in total. The van der Waals surface area contributed by atoms with Crippen LogP contribution in [0.2, 0.25) is 10.0 Å². The third-order valence-electron chi connectivity index (χ3n) is 4.14. The lowest BCUT2D eigenvalue weighted by Crippen LogP contribution is -2.14. The minimum absolute atomic E-state index is 0.148. The first-order valence-electron chi connectivity index (χ1n) is 8.95. The second-order valence-electron chi connectivity index (χ2n) is 6.30. The highest BCUT2D eigenvalue weighted by molar-refractivity contribution is 7.99. The normalized spacial score (nSPS) is 11.8. The van der Waals surface area contributed by atoms with E-state index in [0.29, 0.717) is 32.5 Å². The summed E-state index contributed by atoms with van der Waals surface area (Å²) in [5.74, 6) is 1.83. The molecule has 0 radical (unpaired) electrons. The van der Waals surface area contributed by atoms with E-state index in [-0.39, 0.29) is 11.7 Å². The van der Waals surface area contributed by atoms with E-state index in [9.17, 15) is 4.79 Å². The maximum atomic E-state index is 12.2. The first-order valence-corrected chi connectivity index (χ1v) is 10.7. The average molecular weight is 467 g/mol. The van der Waals surface area contributed by atoms with E-state index in [4.69, 9.17) is 32.7 Å². The van der Waals surface area contributed by atoms with Crippen LogP contribution in [-0.4, -0.2) is 33.5 Å². The highest BCUT2D eigenvalue weighted by Gasteiger charge is 2.19. The zero-order valence-corrected chi connectivity index (χ0v) is 18.9. The summed E-state index contributed by atoms with van der Waals surface area (Å²) in [5.41, 5.74) is 0.695. The average Bonchev–Trinajstić information content (AvgIpc) is 3.10. The number of methoxy groups -OCH3 is 1. The van der Waals surface area contributed by atoms with E-state index in [1.54, 1.807) is 54.1 Å². The summed E-state index contributed by atoms with van der Waals surface area (Å²) < 4.78 is 12.8. The van der Waals surface area contributed by atoms with Crippen LogP contribution in [0.5, 0.6) is 11.5 Å². The fourth-order valence-corrected chi connectivity index (χ4v) is 3.66. The van der Waals surface area contributed by atoms with Gasteiger partial charge in [0, 0.05) is 23.8 Å². The molecule has 158 valence electrons. The lowest BCUT2D eigenvalue weighted by atomic mass is 10.3. The van der Waals surface area contributed by atoms with Crippen molar-refractivity contribution in [2.45, 2.75) is 18.2 Å². The molecule has 1 amide bonds. The number of hydrogen-bond donors (Lipinski definition) is 1. The highest BCUT2D eigenvalue weighted by Crippen LogP contribution is 2.31. The van der Waals surface area contributed by atoms with Crippen LogP contribution < -0.4 is 14.8 Å². The van der Waals surface area contributed by atoms with Gasteiger partial charge in [0.2, 0.25) is 5.91 Å². The second-order valence-corrected chi connectivity index (χ2v) is 8.09. The summed E-state index contributed by atoms with van der Waals surface area (Å²) in [6.07, 6.45) is -0.416. The molecule has 0 spiro atoms. The number of benzene rings is 2. The number of aromatic nitrogens is 3. The number of ether oxygens (including phenoxy) is 2. The second kappa shape index (κ2) is 10.1. The third-order valence-corrected chi connectivity index (χ3v) is 5.70. The highest BCUT2D eigenvalue weighted by atomic mass is 35.5. The van der Waals surface area contributed by atoms with Crippen molar-refractivity contribution in [2.24, 2.45) is 7.05 Å². The summed E-state index contributed by atoms with van der Waals surface area (Å²) in [7, 11) is 3.41. The molecule has 1 heterocycles. The Morgan fingerprint density at radius 3 is 2.63 bits per heavy atom. The van der Waals surface area contributed by atoms with Crippen LogP contribution in [0.4, 0.5) is 5.69 Å². The summed E-state index contributed by atoms with van der Waals surface area (Å²) in [6.45, 7) is 1.84. The number of thioether (sulfide) groups is 1. The first-order chi connectivity index (χ1) is 14.4. The molecule has 0 fully saturated rings. The molecule has 1 unspecified atom stereocenters. The van der Waals surface area contributed by atoms with Crippen molar-refractivity contribution < 1.29 is 14.3 Å². The van der Waals surface area contributed by atoms with Gasteiger partial charge in [0.05, 0.1) is 17.9 Å². The Bertz CT molecular complexity index is 1030. The number of carbonyl (C=O) groups is 1. The van der Waals surface area contributed by atoms with Crippen molar-refractivity contribution in [1.82, 2.24) is 14.8 Å². The number of amides is 1. The maximum absolute atomic E-state index is 12.2. The van der Waals surface area contributed by atoms with Gasteiger partial charge in [0.15, 0.2) is 17.1 Å². The smallest absolute Gasteiger partial charge is 0.234 e. The van der Waals surface area contributed by atoms with Crippen LogP contribution in [0.25, 0.3) is 0 Å². The molecule has 2 aromatic carbocycles. The van der Waals surface area contributed by atoms with Crippen LogP contribution in [-0.2, 0) is 11.8 Å². The molecule has 0 aliphatic rings. The Hall–Kier alpha value is -2.42. The minimum Gasteiger partial charge on any atom is -0.497 e. The molecule has 3 aromatic rings. The molecule has 0 aliphatic carbocycles. The van der Waals surface area contributed by atoms with Gasteiger partial charge in [-0.25, -0.2) is 0 Å². The molecule has 30 heavy (non-hydrogen) atoms. The largest absolute Gasteiger partial charge is 0.497 e. The fraction of sp³-hybridized carbons (Fsp3) is 0.250. The molecule has 0 saturated carbocycles. The van der Waals surface area contributed by atoms with E-state index in [1.807, 2.05) is 14.0 Å². The molecular formula is C20H20Cl2N4O3S. The number of rotatable bonds is 8. The molecule has 0 saturated heterocycles. The quantitative estimate of drug-likeness (QED) is 0.470. The van der Waals surface area contributed by atoms with Crippen molar-refractivity contribution >= 4 is 46.6 Å². The van der Waals surface area contributed by atoms with Crippen LogP contribution in [0.15, 0.2) is 47.6 Å². The van der Waals surface area contributed by atoms with E-state index in [1.165, 1.54) is 11.8 Å². The topological polar surface area (TPSA) is 78.3 Å². The fourth-order valence-electron chi connectivity index (χ4n) is 2.62. The number of anilines is 1. The van der Waals surface area contributed by atoms with Gasteiger partial charge in [-0.2, -0.15) is 0 Å². The van der Waals surface area contributed by atoms with Gasteiger partial charge in [-0.1, -0.05) is 35.0 Å². The molecule has 0 aliphatic heterocycles. The van der Waals surface area contributed by atoms with Crippen LogP contribution in [0, 0.1) is 0 Å². The van der Waals surface area contributed by atoms with Gasteiger partial charge in [-0.15, -0.1) is 10.2 Å². The Balaban J connectivity index is 1.59. The van der Waals surface area contributed by atoms with E-state index in [0.717, 1.165) is 5.75 Å². The number of nitrogens with one attached hydrogen (secondary N) is 1. The number of halogens is 2. The molecular weight excluding hydrogens is 447 g/mol. The maximum Gasteiger partial charge on any atom is 0.234 e. The third kappa shape index (κ3) is 5.59. The van der Waals surface area contributed by atoms with Gasteiger partial charge in [-0.3, -0.25) is 4.79 Å². The zero-order valence-electron chi connectivity index (χ0n) is 16.6. The summed E-state index contributed by atoms with van der Waals surface area (Å²) in [4.78, 5) is 12.2. The van der Waals surface area contributed by atoms with Gasteiger partial charge in [0.25, 0.3) is 0 Å². The number of hydrogen-bond acceptors (Lipinski definition) is 6. The van der Waals surface area contributed by atoms with Gasteiger partial charge in [0.1, 0.15) is 11.5 Å². The SMILES string of the molecule is COc1ccc(NC(=O)CSc2nnc(C(C)Oc3cc(Cl)ccc3Cl)n2C)cc1. The van der Waals surface area contributed by atoms with E-state index < -0.39 is 6.10 Å². The van der Waals surface area contributed by atoms with Crippen molar-refractivity contribution in [3.05, 3.63) is 58.3 Å².